The van der Waals surface area contributed by atoms with Crippen molar-refractivity contribution < 1.29 is 18.8 Å². The van der Waals surface area contributed by atoms with Crippen LogP contribution in [0.5, 0.6) is 0 Å². The van der Waals surface area contributed by atoms with Gasteiger partial charge in [0.05, 0.1) is 5.92 Å². The zero-order valence-electron chi connectivity index (χ0n) is 16.9. The minimum Gasteiger partial charge on any atom is -0.369 e. The third-order valence-corrected chi connectivity index (χ3v) is 4.58. The quantitative estimate of drug-likeness (QED) is 0.552. The predicted octanol–water partition coefficient (Wildman–Crippen LogP) is 1.82. The molecule has 0 radical (unpaired) electrons. The Morgan fingerprint density at radius 3 is 2.30 bits per heavy atom. The number of urea groups is 1. The van der Waals surface area contributed by atoms with Gasteiger partial charge in [0.2, 0.25) is 11.8 Å². The molecule has 0 aliphatic rings. The number of carbonyl (C=O) groups is 3. The van der Waals surface area contributed by atoms with Gasteiger partial charge in [0.15, 0.2) is 0 Å². The molecule has 0 aliphatic carbocycles. The fourth-order valence-electron chi connectivity index (χ4n) is 2.85. The van der Waals surface area contributed by atoms with Crippen molar-refractivity contribution in [2.45, 2.75) is 19.4 Å². The van der Waals surface area contributed by atoms with E-state index in [1.54, 1.807) is 19.2 Å². The second-order valence-corrected chi connectivity index (χ2v) is 7.06. The monoisotopic (exact) mass is 414 g/mol. The van der Waals surface area contributed by atoms with E-state index in [0.29, 0.717) is 13.0 Å². The van der Waals surface area contributed by atoms with Crippen molar-refractivity contribution in [1.29, 1.82) is 0 Å². The first-order valence-electron chi connectivity index (χ1n) is 9.68. The van der Waals surface area contributed by atoms with Crippen LogP contribution in [0.2, 0.25) is 0 Å². The SMILES string of the molecule is CN(Cc1ccccc1)C(=O)NCCC(=O)NCC(Cc1ccc(F)cc1)C(N)=O. The molecule has 2 aromatic carbocycles. The summed E-state index contributed by atoms with van der Waals surface area (Å²) in [4.78, 5) is 37.3. The van der Waals surface area contributed by atoms with Crippen LogP contribution in [0.1, 0.15) is 17.5 Å². The molecule has 0 fully saturated rings. The molecule has 30 heavy (non-hydrogen) atoms. The number of hydrogen-bond acceptors (Lipinski definition) is 3. The van der Waals surface area contributed by atoms with Crippen LogP contribution in [0.4, 0.5) is 9.18 Å². The molecule has 1 atom stereocenters. The predicted molar refractivity (Wildman–Crippen MR) is 112 cm³/mol. The molecule has 0 saturated carbocycles. The molecule has 0 aliphatic heterocycles. The first-order chi connectivity index (χ1) is 14.3. The summed E-state index contributed by atoms with van der Waals surface area (Å²) in [7, 11) is 1.68. The second kappa shape index (κ2) is 11.5. The van der Waals surface area contributed by atoms with Gasteiger partial charge in [-0.15, -0.1) is 0 Å². The van der Waals surface area contributed by atoms with Crippen molar-refractivity contribution in [1.82, 2.24) is 15.5 Å². The zero-order valence-corrected chi connectivity index (χ0v) is 16.9. The molecule has 0 heterocycles. The molecule has 160 valence electrons. The third-order valence-electron chi connectivity index (χ3n) is 4.58. The van der Waals surface area contributed by atoms with E-state index in [0.717, 1.165) is 11.1 Å². The van der Waals surface area contributed by atoms with Crippen LogP contribution in [0, 0.1) is 11.7 Å². The van der Waals surface area contributed by atoms with Crippen LogP contribution in [0.15, 0.2) is 54.6 Å². The van der Waals surface area contributed by atoms with Crippen molar-refractivity contribution in [2.24, 2.45) is 11.7 Å². The minimum atomic E-state index is -0.606. The molecular formula is C22H27FN4O3. The highest BCUT2D eigenvalue weighted by molar-refractivity contribution is 5.80. The summed E-state index contributed by atoms with van der Waals surface area (Å²) in [5, 5.41) is 5.35. The first kappa shape index (κ1) is 22.9. The summed E-state index contributed by atoms with van der Waals surface area (Å²) in [5.41, 5.74) is 7.17. The number of rotatable bonds is 10. The summed E-state index contributed by atoms with van der Waals surface area (Å²) >= 11 is 0. The minimum absolute atomic E-state index is 0.0763. The lowest BCUT2D eigenvalue weighted by molar-refractivity contribution is -0.123. The highest BCUT2D eigenvalue weighted by Gasteiger charge is 2.17. The molecule has 7 nitrogen and oxygen atoms in total. The molecule has 2 rings (SSSR count). The van der Waals surface area contributed by atoms with Gasteiger partial charge in [-0.05, 0) is 29.7 Å². The van der Waals surface area contributed by atoms with Crippen molar-refractivity contribution in [3.63, 3.8) is 0 Å². The van der Waals surface area contributed by atoms with Gasteiger partial charge in [0, 0.05) is 33.1 Å². The number of carbonyl (C=O) groups excluding carboxylic acids is 3. The van der Waals surface area contributed by atoms with Crippen LogP contribution < -0.4 is 16.4 Å². The van der Waals surface area contributed by atoms with Gasteiger partial charge in [-0.2, -0.15) is 0 Å². The zero-order chi connectivity index (χ0) is 21.9. The Kier molecular flexibility index (Phi) is 8.80. The second-order valence-electron chi connectivity index (χ2n) is 7.06. The molecule has 4 amide bonds. The highest BCUT2D eigenvalue weighted by atomic mass is 19.1. The van der Waals surface area contributed by atoms with E-state index >= 15 is 0 Å². The highest BCUT2D eigenvalue weighted by Crippen LogP contribution is 2.09. The van der Waals surface area contributed by atoms with Crippen LogP contribution in [-0.2, 0) is 22.6 Å². The number of primary amides is 1. The van der Waals surface area contributed by atoms with Crippen LogP contribution >= 0.6 is 0 Å². The van der Waals surface area contributed by atoms with Gasteiger partial charge in [-0.25, -0.2) is 9.18 Å². The Bertz CT molecular complexity index is 843. The molecule has 8 heteroatoms. The Labute approximate surface area is 175 Å². The van der Waals surface area contributed by atoms with Crippen molar-refractivity contribution >= 4 is 17.8 Å². The van der Waals surface area contributed by atoms with Gasteiger partial charge in [-0.1, -0.05) is 42.5 Å². The fourth-order valence-corrected chi connectivity index (χ4v) is 2.85. The number of nitrogens with zero attached hydrogens (tertiary/aromatic N) is 1. The number of halogens is 1. The normalized spacial score (nSPS) is 11.4. The molecule has 0 bridgehead atoms. The van der Waals surface area contributed by atoms with E-state index in [1.165, 1.54) is 17.0 Å². The van der Waals surface area contributed by atoms with E-state index < -0.39 is 11.8 Å². The topological polar surface area (TPSA) is 105 Å². The Morgan fingerprint density at radius 1 is 1.00 bits per heavy atom. The van der Waals surface area contributed by atoms with E-state index in [2.05, 4.69) is 10.6 Å². The average molecular weight is 414 g/mol. The number of nitrogens with two attached hydrogens (primary N) is 1. The smallest absolute Gasteiger partial charge is 0.317 e. The summed E-state index contributed by atoms with van der Waals surface area (Å²) in [6, 6.07) is 15.1. The Morgan fingerprint density at radius 2 is 1.67 bits per heavy atom. The lowest BCUT2D eigenvalue weighted by Gasteiger charge is -2.18. The fraction of sp³-hybridized carbons (Fsp3) is 0.318. The van der Waals surface area contributed by atoms with Crippen LogP contribution in [0.25, 0.3) is 0 Å². The molecule has 2 aromatic rings. The summed E-state index contributed by atoms with van der Waals surface area (Å²) in [5.74, 6) is -1.81. The van der Waals surface area contributed by atoms with Crippen molar-refractivity contribution in [3.8, 4) is 0 Å². The first-order valence-corrected chi connectivity index (χ1v) is 9.68. The lowest BCUT2D eigenvalue weighted by atomic mass is 9.98. The number of amides is 4. The van der Waals surface area contributed by atoms with Gasteiger partial charge in [-0.3, -0.25) is 9.59 Å². The molecule has 0 aromatic heterocycles. The number of nitrogens with one attached hydrogen (secondary N) is 2. The van der Waals surface area contributed by atoms with E-state index in [-0.39, 0.29) is 37.3 Å². The molecule has 0 saturated heterocycles. The molecule has 4 N–H and O–H groups in total. The van der Waals surface area contributed by atoms with Crippen LogP contribution in [0.3, 0.4) is 0 Å². The maximum atomic E-state index is 13.0. The maximum absolute atomic E-state index is 13.0. The maximum Gasteiger partial charge on any atom is 0.317 e. The van der Waals surface area contributed by atoms with Gasteiger partial charge < -0.3 is 21.3 Å². The largest absolute Gasteiger partial charge is 0.369 e. The molecular weight excluding hydrogens is 387 g/mol. The number of hydrogen-bond donors (Lipinski definition) is 3. The standard InChI is InChI=1S/C22H27FN4O3/c1-27(15-17-5-3-2-4-6-17)22(30)25-12-11-20(28)26-14-18(21(24)29)13-16-7-9-19(23)10-8-16/h2-10,18H,11-15H2,1H3,(H2,24,29)(H,25,30)(H,26,28). The molecule has 0 spiro atoms. The summed E-state index contributed by atoms with van der Waals surface area (Å²) in [6.45, 7) is 0.707. The Balaban J connectivity index is 1.70. The van der Waals surface area contributed by atoms with E-state index in [4.69, 9.17) is 5.73 Å². The van der Waals surface area contributed by atoms with E-state index in [1.807, 2.05) is 30.3 Å². The molecule has 1 unspecified atom stereocenters. The average Bonchev–Trinajstić information content (AvgIpc) is 2.72. The lowest BCUT2D eigenvalue weighted by Crippen LogP contribution is -2.40. The van der Waals surface area contributed by atoms with Gasteiger partial charge in [0.1, 0.15) is 5.82 Å². The third kappa shape index (κ3) is 7.90. The Hall–Kier alpha value is -3.42. The van der Waals surface area contributed by atoms with Gasteiger partial charge in [0.25, 0.3) is 0 Å². The van der Waals surface area contributed by atoms with Gasteiger partial charge >= 0.3 is 6.03 Å². The van der Waals surface area contributed by atoms with Crippen molar-refractivity contribution in [3.05, 3.63) is 71.5 Å². The van der Waals surface area contributed by atoms with E-state index in [9.17, 15) is 18.8 Å². The van der Waals surface area contributed by atoms with Crippen LogP contribution in [-0.4, -0.2) is 42.9 Å². The summed E-state index contributed by atoms with van der Waals surface area (Å²) < 4.78 is 13.0. The number of benzene rings is 2. The summed E-state index contributed by atoms with van der Waals surface area (Å²) in [6.07, 6.45) is 0.379. The van der Waals surface area contributed by atoms with Crippen molar-refractivity contribution in [2.75, 3.05) is 20.1 Å².